The van der Waals surface area contributed by atoms with E-state index in [0.29, 0.717) is 30.2 Å². The molecule has 26 heavy (non-hydrogen) atoms. The van der Waals surface area contributed by atoms with Crippen molar-refractivity contribution >= 4 is 5.95 Å². The molecule has 0 aliphatic heterocycles. The van der Waals surface area contributed by atoms with Gasteiger partial charge in [-0.1, -0.05) is 18.2 Å². The van der Waals surface area contributed by atoms with Crippen molar-refractivity contribution in [2.75, 3.05) is 18.5 Å². The topological polar surface area (TPSA) is 54.8 Å². The summed E-state index contributed by atoms with van der Waals surface area (Å²) in [6.45, 7) is 0.602. The summed E-state index contributed by atoms with van der Waals surface area (Å²) in [4.78, 5) is 10.4. The van der Waals surface area contributed by atoms with Gasteiger partial charge in [0.15, 0.2) is 0 Å². The molecule has 0 N–H and O–H groups in total. The van der Waals surface area contributed by atoms with E-state index in [1.165, 1.54) is 12.3 Å². The first-order valence-corrected chi connectivity index (χ1v) is 7.92. The number of pyridine rings is 1. The van der Waals surface area contributed by atoms with Crippen LogP contribution < -0.4 is 4.90 Å². The molecule has 2 heterocycles. The molecular weight excluding hydrogens is 343 g/mol. The number of likely N-dealkylation sites (N-methyl/N-ethyl adjacent to an activating group) is 1. The van der Waals surface area contributed by atoms with Crippen molar-refractivity contribution < 1.29 is 13.2 Å². The van der Waals surface area contributed by atoms with Gasteiger partial charge < -0.3 is 4.90 Å². The van der Waals surface area contributed by atoms with Gasteiger partial charge in [-0.25, -0.2) is 4.98 Å². The number of rotatable bonds is 5. The van der Waals surface area contributed by atoms with Crippen LogP contribution in [0.2, 0.25) is 0 Å². The van der Waals surface area contributed by atoms with Gasteiger partial charge in [0, 0.05) is 37.5 Å². The smallest absolute Gasteiger partial charge is 0.342 e. The second-order valence-electron chi connectivity index (χ2n) is 5.71. The number of alkyl halides is 3. The number of halogens is 3. The van der Waals surface area contributed by atoms with Crippen LogP contribution in [0.1, 0.15) is 11.3 Å². The third-order valence-corrected chi connectivity index (χ3v) is 3.80. The lowest BCUT2D eigenvalue weighted by Crippen LogP contribution is -2.23. The van der Waals surface area contributed by atoms with E-state index in [9.17, 15) is 13.2 Å². The van der Waals surface area contributed by atoms with Crippen LogP contribution in [-0.4, -0.2) is 33.8 Å². The van der Waals surface area contributed by atoms with Crippen LogP contribution in [-0.2, 0) is 12.6 Å². The van der Waals surface area contributed by atoms with Crippen molar-refractivity contribution in [1.29, 1.82) is 0 Å². The first kappa shape index (κ1) is 17.8. The van der Waals surface area contributed by atoms with E-state index < -0.39 is 11.7 Å². The molecule has 0 atom stereocenters. The largest absolute Gasteiger partial charge is 0.416 e. The Balaban J connectivity index is 1.78. The molecule has 0 aliphatic carbocycles. The van der Waals surface area contributed by atoms with E-state index >= 15 is 0 Å². The average molecular weight is 359 g/mol. The number of hydrogen-bond donors (Lipinski definition) is 0. The summed E-state index contributed by atoms with van der Waals surface area (Å²) in [5.74, 6) is 0.343. The highest BCUT2D eigenvalue weighted by Crippen LogP contribution is 2.31. The second-order valence-corrected chi connectivity index (χ2v) is 5.71. The predicted octanol–water partition coefficient (Wildman–Crippen LogP) is 3.63. The molecule has 2 aromatic heterocycles. The summed E-state index contributed by atoms with van der Waals surface area (Å²) in [7, 11) is 1.80. The number of benzene rings is 1. The Hall–Kier alpha value is -3.03. The maximum atomic E-state index is 12.9. The number of hydrogen-bond acceptors (Lipinski definition) is 5. The SMILES string of the molecule is CN(CCc1ccccn1)c1nncc(-c2cccc(C(F)(F)F)c2)n1. The van der Waals surface area contributed by atoms with E-state index in [1.54, 1.807) is 24.2 Å². The van der Waals surface area contributed by atoms with Crippen LogP contribution in [0, 0.1) is 0 Å². The van der Waals surface area contributed by atoms with Gasteiger partial charge >= 0.3 is 6.18 Å². The Morgan fingerprint density at radius 3 is 2.65 bits per heavy atom. The van der Waals surface area contributed by atoms with Gasteiger partial charge in [-0.2, -0.15) is 18.3 Å². The molecular formula is C18H16F3N5. The molecule has 0 unspecified atom stereocenters. The molecule has 8 heteroatoms. The summed E-state index contributed by atoms with van der Waals surface area (Å²) in [6, 6.07) is 10.7. The quantitative estimate of drug-likeness (QED) is 0.696. The van der Waals surface area contributed by atoms with Crippen molar-refractivity contribution in [3.05, 3.63) is 66.1 Å². The zero-order valence-electron chi connectivity index (χ0n) is 14.0. The molecule has 0 amide bonds. The second kappa shape index (κ2) is 7.47. The molecule has 0 saturated heterocycles. The molecule has 0 saturated carbocycles. The van der Waals surface area contributed by atoms with Crippen LogP contribution in [0.5, 0.6) is 0 Å². The van der Waals surface area contributed by atoms with Crippen molar-refractivity contribution in [2.24, 2.45) is 0 Å². The van der Waals surface area contributed by atoms with E-state index in [4.69, 9.17) is 0 Å². The summed E-state index contributed by atoms with van der Waals surface area (Å²) >= 11 is 0. The molecule has 1 aromatic carbocycles. The molecule has 0 fully saturated rings. The van der Waals surface area contributed by atoms with Crippen LogP contribution >= 0.6 is 0 Å². The molecule has 3 aromatic rings. The fourth-order valence-corrected chi connectivity index (χ4v) is 2.38. The van der Waals surface area contributed by atoms with E-state index in [1.807, 2.05) is 18.2 Å². The molecule has 5 nitrogen and oxygen atoms in total. The van der Waals surface area contributed by atoms with Crippen molar-refractivity contribution in [2.45, 2.75) is 12.6 Å². The average Bonchev–Trinajstić information content (AvgIpc) is 2.66. The lowest BCUT2D eigenvalue weighted by molar-refractivity contribution is -0.137. The molecule has 134 valence electrons. The standard InChI is InChI=1S/C18H16F3N5/c1-26(10-8-15-7-2-3-9-22-15)17-24-16(12-23-25-17)13-5-4-6-14(11-13)18(19,20)21/h2-7,9,11-12H,8,10H2,1H3. The van der Waals surface area contributed by atoms with Gasteiger partial charge in [0.05, 0.1) is 17.5 Å². The Morgan fingerprint density at radius 1 is 1.08 bits per heavy atom. The molecule has 0 radical (unpaired) electrons. The Morgan fingerprint density at radius 2 is 1.92 bits per heavy atom. The van der Waals surface area contributed by atoms with E-state index in [-0.39, 0.29) is 0 Å². The van der Waals surface area contributed by atoms with E-state index in [2.05, 4.69) is 20.2 Å². The minimum absolute atomic E-state index is 0.339. The highest BCUT2D eigenvalue weighted by atomic mass is 19.4. The zero-order valence-corrected chi connectivity index (χ0v) is 14.0. The number of anilines is 1. The van der Waals surface area contributed by atoms with Gasteiger partial charge in [-0.05, 0) is 24.3 Å². The van der Waals surface area contributed by atoms with Gasteiger partial charge in [0.1, 0.15) is 0 Å². The zero-order chi connectivity index (χ0) is 18.6. The van der Waals surface area contributed by atoms with Gasteiger partial charge in [-0.15, -0.1) is 5.10 Å². The van der Waals surface area contributed by atoms with E-state index in [0.717, 1.165) is 17.8 Å². The van der Waals surface area contributed by atoms with Crippen LogP contribution in [0.15, 0.2) is 54.9 Å². The Labute approximate surface area is 148 Å². The minimum Gasteiger partial charge on any atom is -0.342 e. The monoisotopic (exact) mass is 359 g/mol. The first-order valence-electron chi connectivity index (χ1n) is 7.92. The van der Waals surface area contributed by atoms with Crippen LogP contribution in [0.3, 0.4) is 0 Å². The van der Waals surface area contributed by atoms with Crippen LogP contribution in [0.25, 0.3) is 11.3 Å². The van der Waals surface area contributed by atoms with Gasteiger partial charge in [-0.3, -0.25) is 4.98 Å². The highest BCUT2D eigenvalue weighted by Gasteiger charge is 2.30. The third-order valence-electron chi connectivity index (χ3n) is 3.80. The summed E-state index contributed by atoms with van der Waals surface area (Å²) in [5, 5.41) is 7.85. The maximum Gasteiger partial charge on any atom is 0.416 e. The first-order chi connectivity index (χ1) is 12.4. The number of nitrogens with zero attached hydrogens (tertiary/aromatic N) is 5. The number of aromatic nitrogens is 4. The minimum atomic E-state index is -4.40. The fourth-order valence-electron chi connectivity index (χ4n) is 2.38. The van der Waals surface area contributed by atoms with Gasteiger partial charge in [0.25, 0.3) is 0 Å². The normalized spacial score (nSPS) is 11.4. The molecule has 0 bridgehead atoms. The van der Waals surface area contributed by atoms with Crippen molar-refractivity contribution in [1.82, 2.24) is 20.2 Å². The van der Waals surface area contributed by atoms with Crippen molar-refractivity contribution in [3.63, 3.8) is 0 Å². The third kappa shape index (κ3) is 4.33. The molecule has 0 spiro atoms. The molecule has 3 rings (SSSR count). The summed E-state index contributed by atoms with van der Waals surface area (Å²) in [6.07, 6.45) is -0.638. The van der Waals surface area contributed by atoms with Crippen LogP contribution in [0.4, 0.5) is 19.1 Å². The lowest BCUT2D eigenvalue weighted by atomic mass is 10.1. The Bertz CT molecular complexity index is 868. The van der Waals surface area contributed by atoms with Crippen molar-refractivity contribution in [3.8, 4) is 11.3 Å². The predicted molar refractivity (Wildman–Crippen MR) is 91.5 cm³/mol. The summed E-state index contributed by atoms with van der Waals surface area (Å²) in [5.41, 5.74) is 0.889. The summed E-state index contributed by atoms with van der Waals surface area (Å²) < 4.78 is 38.7. The Kier molecular flexibility index (Phi) is 5.11. The highest BCUT2D eigenvalue weighted by molar-refractivity contribution is 5.60. The molecule has 0 aliphatic rings. The maximum absolute atomic E-state index is 12.9. The fraction of sp³-hybridized carbons (Fsp3) is 0.222. The van der Waals surface area contributed by atoms with Gasteiger partial charge in [0.2, 0.25) is 5.95 Å². The lowest BCUT2D eigenvalue weighted by Gasteiger charge is -2.16.